The summed E-state index contributed by atoms with van der Waals surface area (Å²) >= 11 is 5.88. The molecule has 0 radical (unpaired) electrons. The summed E-state index contributed by atoms with van der Waals surface area (Å²) in [6, 6.07) is 15.8. The van der Waals surface area contributed by atoms with Crippen LogP contribution in [-0.4, -0.2) is 12.6 Å². The number of benzene rings is 2. The van der Waals surface area contributed by atoms with Crippen molar-refractivity contribution >= 4 is 11.6 Å². The second-order valence-electron chi connectivity index (χ2n) is 5.59. The largest absolute Gasteiger partial charge is 0.314 e. The minimum absolute atomic E-state index is 0.191. The molecule has 0 saturated heterocycles. The third kappa shape index (κ3) is 4.55. The van der Waals surface area contributed by atoms with Crippen LogP contribution in [0.15, 0.2) is 48.5 Å². The zero-order valence-corrected chi connectivity index (χ0v) is 13.2. The zero-order valence-electron chi connectivity index (χ0n) is 12.4. The van der Waals surface area contributed by atoms with Crippen molar-refractivity contribution in [1.29, 1.82) is 0 Å². The van der Waals surface area contributed by atoms with Crippen LogP contribution in [0.3, 0.4) is 0 Å². The van der Waals surface area contributed by atoms with E-state index >= 15 is 0 Å². The number of hydrogen-bond acceptors (Lipinski definition) is 1. The first-order chi connectivity index (χ1) is 10.1. The number of hydrogen-bond donors (Lipinski definition) is 1. The van der Waals surface area contributed by atoms with Gasteiger partial charge in [0.2, 0.25) is 0 Å². The molecule has 0 heterocycles. The molecule has 0 aliphatic carbocycles. The molecule has 0 spiro atoms. The Morgan fingerprint density at radius 2 is 1.76 bits per heavy atom. The normalized spacial score (nSPS) is 12.6. The predicted octanol–water partition coefficient (Wildman–Crippen LogP) is 4.80. The lowest BCUT2D eigenvalue weighted by Crippen LogP contribution is -2.29. The maximum Gasteiger partial charge on any atom is 0.144 e. The van der Waals surface area contributed by atoms with E-state index in [4.69, 9.17) is 11.6 Å². The van der Waals surface area contributed by atoms with Gasteiger partial charge in [0.05, 0.1) is 5.02 Å². The number of rotatable bonds is 6. The van der Waals surface area contributed by atoms with Crippen LogP contribution in [0, 0.1) is 5.82 Å². The highest BCUT2D eigenvalue weighted by molar-refractivity contribution is 6.30. The molecule has 0 fully saturated rings. The Labute approximate surface area is 131 Å². The van der Waals surface area contributed by atoms with Gasteiger partial charge in [0.25, 0.3) is 0 Å². The Bertz CT molecular complexity index is 569. The van der Waals surface area contributed by atoms with Crippen molar-refractivity contribution in [3.8, 4) is 0 Å². The van der Waals surface area contributed by atoms with Crippen molar-refractivity contribution in [2.45, 2.75) is 32.2 Å². The zero-order chi connectivity index (χ0) is 15.2. The van der Waals surface area contributed by atoms with Crippen molar-refractivity contribution < 1.29 is 4.39 Å². The van der Waals surface area contributed by atoms with Gasteiger partial charge in [-0.2, -0.15) is 0 Å². The molecule has 1 atom stereocenters. The Morgan fingerprint density at radius 1 is 1.05 bits per heavy atom. The van der Waals surface area contributed by atoms with Gasteiger partial charge >= 0.3 is 0 Å². The van der Waals surface area contributed by atoms with E-state index in [0.29, 0.717) is 18.0 Å². The first-order valence-electron chi connectivity index (χ1n) is 7.29. The Morgan fingerprint density at radius 3 is 2.43 bits per heavy atom. The predicted molar refractivity (Wildman–Crippen MR) is 87.4 cm³/mol. The molecule has 0 amide bonds. The Hall–Kier alpha value is -1.38. The highest BCUT2D eigenvalue weighted by atomic mass is 35.5. The van der Waals surface area contributed by atoms with Crippen molar-refractivity contribution in [2.24, 2.45) is 0 Å². The fourth-order valence-electron chi connectivity index (χ4n) is 2.38. The molecule has 1 unspecified atom stereocenters. The summed E-state index contributed by atoms with van der Waals surface area (Å²) < 4.78 is 14.1. The standard InChI is InChI=1S/C18H21ClFN/c1-13(2)21-12-16(14-7-4-3-5-8-14)11-15-9-6-10-17(19)18(15)20/h3-10,13,16,21H,11-12H2,1-2H3. The van der Waals surface area contributed by atoms with Crippen molar-refractivity contribution in [3.05, 3.63) is 70.5 Å². The summed E-state index contributed by atoms with van der Waals surface area (Å²) in [5.41, 5.74) is 1.88. The fraction of sp³-hybridized carbons (Fsp3) is 0.333. The van der Waals surface area contributed by atoms with Crippen LogP contribution in [0.2, 0.25) is 5.02 Å². The van der Waals surface area contributed by atoms with E-state index < -0.39 is 0 Å². The van der Waals surface area contributed by atoms with Crippen LogP contribution in [0.4, 0.5) is 4.39 Å². The van der Waals surface area contributed by atoms with Gasteiger partial charge in [-0.25, -0.2) is 4.39 Å². The average molecular weight is 306 g/mol. The van der Waals surface area contributed by atoms with Crippen LogP contribution in [0.5, 0.6) is 0 Å². The second-order valence-corrected chi connectivity index (χ2v) is 5.99. The molecule has 0 aliphatic heterocycles. The first-order valence-corrected chi connectivity index (χ1v) is 7.67. The summed E-state index contributed by atoms with van der Waals surface area (Å²) in [5, 5.41) is 3.63. The quantitative estimate of drug-likeness (QED) is 0.808. The number of halogens is 2. The molecule has 0 bridgehead atoms. The lowest BCUT2D eigenvalue weighted by molar-refractivity contribution is 0.517. The van der Waals surface area contributed by atoms with Crippen LogP contribution in [0.25, 0.3) is 0 Å². The van der Waals surface area contributed by atoms with Crippen molar-refractivity contribution in [2.75, 3.05) is 6.54 Å². The van der Waals surface area contributed by atoms with E-state index in [-0.39, 0.29) is 16.8 Å². The summed E-state index contributed by atoms with van der Waals surface area (Å²) in [6.07, 6.45) is 0.635. The molecule has 21 heavy (non-hydrogen) atoms. The van der Waals surface area contributed by atoms with Gasteiger partial charge in [-0.15, -0.1) is 0 Å². The van der Waals surface area contributed by atoms with Crippen molar-refractivity contribution in [1.82, 2.24) is 5.32 Å². The molecule has 0 aliphatic rings. The molecular formula is C18H21ClFN. The summed E-state index contributed by atoms with van der Waals surface area (Å²) in [5.74, 6) is -0.0776. The van der Waals surface area contributed by atoms with Gasteiger partial charge < -0.3 is 5.32 Å². The molecule has 1 nitrogen and oxygen atoms in total. The second kappa shape index (κ2) is 7.58. The summed E-state index contributed by atoms with van der Waals surface area (Å²) in [4.78, 5) is 0. The molecule has 2 rings (SSSR count). The lowest BCUT2D eigenvalue weighted by atomic mass is 9.91. The maximum atomic E-state index is 14.1. The van der Waals surface area contributed by atoms with E-state index in [9.17, 15) is 4.39 Å². The molecule has 3 heteroatoms. The minimum Gasteiger partial charge on any atom is -0.314 e. The third-order valence-corrected chi connectivity index (χ3v) is 3.83. The topological polar surface area (TPSA) is 12.0 Å². The Kier molecular flexibility index (Phi) is 5.77. The average Bonchev–Trinajstić information content (AvgIpc) is 2.48. The molecule has 2 aromatic carbocycles. The minimum atomic E-state index is -0.301. The van der Waals surface area contributed by atoms with Gasteiger partial charge in [-0.05, 0) is 23.6 Å². The first kappa shape index (κ1) is 16.0. The van der Waals surface area contributed by atoms with E-state index in [2.05, 4.69) is 31.3 Å². The van der Waals surface area contributed by atoms with Crippen LogP contribution >= 0.6 is 11.6 Å². The van der Waals surface area contributed by atoms with Gasteiger partial charge in [0.15, 0.2) is 0 Å². The van der Waals surface area contributed by atoms with Gasteiger partial charge in [-0.1, -0.05) is 67.9 Å². The van der Waals surface area contributed by atoms with E-state index in [1.807, 2.05) is 24.3 Å². The van der Waals surface area contributed by atoms with Gasteiger partial charge in [-0.3, -0.25) is 0 Å². The van der Waals surface area contributed by atoms with Gasteiger partial charge in [0.1, 0.15) is 5.82 Å². The molecule has 0 aromatic heterocycles. The van der Waals surface area contributed by atoms with E-state index in [0.717, 1.165) is 6.54 Å². The Balaban J connectivity index is 2.21. The highest BCUT2D eigenvalue weighted by Gasteiger charge is 2.16. The molecule has 1 N–H and O–H groups in total. The maximum absolute atomic E-state index is 14.1. The van der Waals surface area contributed by atoms with E-state index in [1.54, 1.807) is 12.1 Å². The lowest BCUT2D eigenvalue weighted by Gasteiger charge is -2.20. The molecule has 112 valence electrons. The summed E-state index contributed by atoms with van der Waals surface area (Å²) in [6.45, 7) is 5.04. The van der Waals surface area contributed by atoms with Crippen molar-refractivity contribution in [3.63, 3.8) is 0 Å². The SMILES string of the molecule is CC(C)NCC(Cc1cccc(Cl)c1F)c1ccccc1. The smallest absolute Gasteiger partial charge is 0.144 e. The number of nitrogens with one attached hydrogen (secondary N) is 1. The third-order valence-electron chi connectivity index (χ3n) is 3.54. The van der Waals surface area contributed by atoms with Crippen LogP contribution in [0.1, 0.15) is 30.9 Å². The molecule has 2 aromatic rings. The monoisotopic (exact) mass is 305 g/mol. The fourth-order valence-corrected chi connectivity index (χ4v) is 2.58. The highest BCUT2D eigenvalue weighted by Crippen LogP contribution is 2.25. The van der Waals surface area contributed by atoms with Gasteiger partial charge in [0, 0.05) is 18.5 Å². The molecular weight excluding hydrogens is 285 g/mol. The van der Waals surface area contributed by atoms with Crippen LogP contribution in [-0.2, 0) is 6.42 Å². The van der Waals surface area contributed by atoms with E-state index in [1.165, 1.54) is 5.56 Å². The molecule has 0 saturated carbocycles. The van der Waals surface area contributed by atoms with Crippen LogP contribution < -0.4 is 5.32 Å². The summed E-state index contributed by atoms with van der Waals surface area (Å²) in [7, 11) is 0.